The molecule has 2 unspecified atom stereocenters. The Hall–Kier alpha value is -2.41. The van der Waals surface area contributed by atoms with Crippen molar-refractivity contribution in [2.24, 2.45) is 11.8 Å². The zero-order valence-corrected chi connectivity index (χ0v) is 27.6. The van der Waals surface area contributed by atoms with E-state index >= 15 is 0 Å². The van der Waals surface area contributed by atoms with Crippen molar-refractivity contribution in [3.63, 3.8) is 0 Å². The summed E-state index contributed by atoms with van der Waals surface area (Å²) in [5, 5.41) is 1.17. The van der Waals surface area contributed by atoms with Gasteiger partial charge in [-0.1, -0.05) is 42.5 Å². The van der Waals surface area contributed by atoms with Crippen LogP contribution in [0.15, 0.2) is 54.6 Å². The second-order valence-corrected chi connectivity index (χ2v) is 15.0. The van der Waals surface area contributed by atoms with Crippen molar-refractivity contribution in [2.45, 2.75) is 95.4 Å². The molecule has 1 amide bonds. The molecule has 5 rings (SSSR count). The molecule has 45 heavy (non-hydrogen) atoms. The molecule has 2 aliphatic heterocycles. The van der Waals surface area contributed by atoms with Crippen LogP contribution in [0.2, 0.25) is 0 Å². The molecule has 3 heterocycles. The highest BCUT2D eigenvalue weighted by atomic mass is 32.2. The van der Waals surface area contributed by atoms with E-state index in [4.69, 9.17) is 18.9 Å². The van der Waals surface area contributed by atoms with Crippen LogP contribution in [0.3, 0.4) is 0 Å². The zero-order valence-electron chi connectivity index (χ0n) is 25.9. The van der Waals surface area contributed by atoms with E-state index in [1.54, 1.807) is 11.3 Å². The van der Waals surface area contributed by atoms with Gasteiger partial charge in [-0.2, -0.15) is 0 Å². The van der Waals surface area contributed by atoms with Crippen molar-refractivity contribution in [3.05, 3.63) is 59.5 Å². The summed E-state index contributed by atoms with van der Waals surface area (Å²) in [5.74, 6) is -0.756. The van der Waals surface area contributed by atoms with Crippen LogP contribution in [-0.4, -0.2) is 58.3 Å². The Kier molecular flexibility index (Phi) is 12.4. The van der Waals surface area contributed by atoms with Crippen molar-refractivity contribution in [3.8, 4) is 0 Å². The molecule has 0 spiro atoms. The van der Waals surface area contributed by atoms with Gasteiger partial charge in [0.05, 0.1) is 12.4 Å². The molecule has 0 radical (unpaired) electrons. The molecule has 0 bridgehead atoms. The molecular formula is C34H45NO8S2. The Morgan fingerprint density at radius 2 is 1.84 bits per heavy atom. The number of ketones is 1. The maximum atomic E-state index is 13.4. The van der Waals surface area contributed by atoms with Gasteiger partial charge in [-0.15, -0.1) is 11.3 Å². The van der Waals surface area contributed by atoms with E-state index in [-0.39, 0.29) is 48.8 Å². The van der Waals surface area contributed by atoms with E-state index in [9.17, 15) is 18.0 Å². The van der Waals surface area contributed by atoms with Crippen LogP contribution in [0.4, 0.5) is 0 Å². The van der Waals surface area contributed by atoms with Gasteiger partial charge in [-0.3, -0.25) is 14.3 Å². The van der Waals surface area contributed by atoms with Crippen molar-refractivity contribution in [1.29, 1.82) is 0 Å². The van der Waals surface area contributed by atoms with E-state index in [0.717, 1.165) is 49.7 Å². The fourth-order valence-corrected chi connectivity index (χ4v) is 7.82. The maximum Gasteiger partial charge on any atom is 0.233 e. The number of carbonyl (C=O) groups excluding carboxylic acids is 2. The number of fused-ring (bicyclic) bond motifs is 1. The zero-order chi connectivity index (χ0) is 31.6. The van der Waals surface area contributed by atoms with Crippen LogP contribution in [0.1, 0.15) is 81.6 Å². The molecule has 1 aromatic heterocycles. The monoisotopic (exact) mass is 659 g/mol. The van der Waals surface area contributed by atoms with Crippen molar-refractivity contribution in [1.82, 2.24) is 4.72 Å². The first-order valence-corrected chi connectivity index (χ1v) is 18.9. The molecule has 1 aliphatic carbocycles. The van der Waals surface area contributed by atoms with Crippen LogP contribution >= 0.6 is 11.3 Å². The third-order valence-electron chi connectivity index (χ3n) is 8.47. The average Bonchev–Trinajstić information content (AvgIpc) is 3.57. The number of hydrogen-bond acceptors (Lipinski definition) is 9. The van der Waals surface area contributed by atoms with Gasteiger partial charge >= 0.3 is 0 Å². The standard InChI is InChI=1S/C34H45NO8S2/c1-45(38,39)35-32(37)15-5-3-2-4-13-25-26(29(23-27(25)36)43-34-17-9-11-21-41-34)18-19-28(42-33-16-8-10-20-40-33)31-22-24-12-6-7-14-30(24)44-31/h2,4,6-7,12,14,18-19,22,25-26,28-29,33-34H,3,5,8-11,13,15-17,20-21,23H2,1H3,(H,35,37)/t25-,26-,28-,29-,33?,34?/m1/s1. The number of benzene rings is 1. The normalized spacial score (nSPS) is 27.0. The molecule has 1 N–H and O–H groups in total. The quantitative estimate of drug-likeness (QED) is 0.184. The van der Waals surface area contributed by atoms with Gasteiger partial charge in [-0.25, -0.2) is 8.42 Å². The summed E-state index contributed by atoms with van der Waals surface area (Å²) in [5.41, 5.74) is 0. The number of allylic oxidation sites excluding steroid dienone is 2. The fourth-order valence-electron chi connectivity index (χ4n) is 6.22. The molecule has 2 aromatic rings. The highest BCUT2D eigenvalue weighted by Gasteiger charge is 2.42. The number of sulfonamides is 1. The summed E-state index contributed by atoms with van der Waals surface area (Å²) in [6, 6.07) is 10.5. The summed E-state index contributed by atoms with van der Waals surface area (Å²) in [6.45, 7) is 1.36. The van der Waals surface area contributed by atoms with E-state index in [1.807, 2.05) is 29.0 Å². The number of amides is 1. The van der Waals surface area contributed by atoms with Gasteiger partial charge < -0.3 is 18.9 Å². The van der Waals surface area contributed by atoms with Gasteiger partial charge in [0.1, 0.15) is 11.9 Å². The summed E-state index contributed by atoms with van der Waals surface area (Å²) in [4.78, 5) is 26.3. The molecule has 2 saturated heterocycles. The predicted octanol–water partition coefficient (Wildman–Crippen LogP) is 6.35. The number of rotatable bonds is 14. The second kappa shape index (κ2) is 16.4. The minimum atomic E-state index is -3.55. The fraction of sp³-hybridized carbons (Fsp3) is 0.588. The lowest BCUT2D eigenvalue weighted by Gasteiger charge is -2.29. The van der Waals surface area contributed by atoms with Crippen LogP contribution in [0, 0.1) is 11.8 Å². The van der Waals surface area contributed by atoms with E-state index in [1.165, 1.54) is 10.1 Å². The largest absolute Gasteiger partial charge is 0.353 e. The van der Waals surface area contributed by atoms with E-state index in [2.05, 4.69) is 30.4 Å². The number of carbonyl (C=O) groups is 2. The Balaban J connectivity index is 1.30. The molecule has 1 aromatic carbocycles. The third-order valence-corrected chi connectivity index (χ3v) is 10.3. The predicted molar refractivity (Wildman–Crippen MR) is 174 cm³/mol. The lowest BCUT2D eigenvalue weighted by Crippen LogP contribution is -2.30. The van der Waals surface area contributed by atoms with Crippen molar-refractivity contribution >= 4 is 43.1 Å². The Bertz CT molecular complexity index is 1410. The van der Waals surface area contributed by atoms with Crippen LogP contribution in [-0.2, 0) is 38.6 Å². The smallest absolute Gasteiger partial charge is 0.233 e. The summed E-state index contributed by atoms with van der Waals surface area (Å²) >= 11 is 1.71. The van der Waals surface area contributed by atoms with Crippen LogP contribution in [0.25, 0.3) is 10.1 Å². The lowest BCUT2D eigenvalue weighted by atomic mass is 9.90. The summed E-state index contributed by atoms with van der Waals surface area (Å²) in [6.07, 6.45) is 15.9. The SMILES string of the molecule is CS(=O)(=O)NC(=O)CCCC=CC[C@H]1C(=O)C[C@@H](OC2CCCCO2)[C@@H]1C=C[C@@H](OC1CCCCO1)c1cc2ccccc2s1. The Morgan fingerprint density at radius 1 is 1.09 bits per heavy atom. The van der Waals surface area contributed by atoms with Crippen LogP contribution < -0.4 is 4.72 Å². The van der Waals surface area contributed by atoms with Crippen molar-refractivity contribution in [2.75, 3.05) is 19.5 Å². The molecule has 6 atom stereocenters. The molecule has 11 heteroatoms. The number of unbranched alkanes of at least 4 members (excludes halogenated alkanes) is 1. The highest BCUT2D eigenvalue weighted by molar-refractivity contribution is 7.89. The molecule has 9 nitrogen and oxygen atoms in total. The second-order valence-electron chi connectivity index (χ2n) is 12.1. The van der Waals surface area contributed by atoms with Gasteiger partial charge in [-0.05, 0) is 75.3 Å². The minimum absolute atomic E-state index is 0.117. The number of nitrogens with one attached hydrogen (secondary N) is 1. The van der Waals surface area contributed by atoms with E-state index in [0.29, 0.717) is 38.9 Å². The topological polar surface area (TPSA) is 117 Å². The Labute approximate surface area is 270 Å². The number of ether oxygens (including phenoxy) is 4. The first kappa shape index (κ1) is 33.9. The first-order valence-electron chi connectivity index (χ1n) is 16.1. The molecular weight excluding hydrogens is 615 g/mol. The maximum absolute atomic E-state index is 13.4. The van der Waals surface area contributed by atoms with Gasteiger partial charge in [0, 0.05) is 47.5 Å². The third kappa shape index (κ3) is 10.3. The van der Waals surface area contributed by atoms with Gasteiger partial charge in [0.2, 0.25) is 15.9 Å². The lowest BCUT2D eigenvalue weighted by molar-refractivity contribution is -0.192. The first-order chi connectivity index (χ1) is 21.7. The number of thiophene rings is 1. The summed E-state index contributed by atoms with van der Waals surface area (Å²) in [7, 11) is -3.55. The van der Waals surface area contributed by atoms with Crippen LogP contribution in [0.5, 0.6) is 0 Å². The number of Topliss-reactive ketones (excluding diaryl/α,β-unsaturated/α-hetero) is 1. The highest BCUT2D eigenvalue weighted by Crippen LogP contribution is 2.39. The number of hydrogen-bond donors (Lipinski definition) is 1. The molecule has 3 fully saturated rings. The minimum Gasteiger partial charge on any atom is -0.353 e. The molecule has 1 saturated carbocycles. The van der Waals surface area contributed by atoms with Crippen molar-refractivity contribution < 1.29 is 37.0 Å². The van der Waals surface area contributed by atoms with Gasteiger partial charge in [0.25, 0.3) is 0 Å². The Morgan fingerprint density at radius 3 is 2.56 bits per heavy atom. The molecule has 246 valence electrons. The summed E-state index contributed by atoms with van der Waals surface area (Å²) < 4.78 is 50.5. The average molecular weight is 660 g/mol. The van der Waals surface area contributed by atoms with E-state index < -0.39 is 15.9 Å². The molecule has 3 aliphatic rings. The van der Waals surface area contributed by atoms with Gasteiger partial charge in [0.15, 0.2) is 12.6 Å².